The Balaban J connectivity index is 2.09. The van der Waals surface area contributed by atoms with Crippen LogP contribution in [-0.2, 0) is 29.6 Å². The van der Waals surface area contributed by atoms with Gasteiger partial charge in [-0.1, -0.05) is 30.7 Å². The van der Waals surface area contributed by atoms with Crippen molar-refractivity contribution in [2.45, 2.75) is 25.2 Å². The van der Waals surface area contributed by atoms with Gasteiger partial charge in [0.25, 0.3) is 10.1 Å². The van der Waals surface area contributed by atoms with Crippen LogP contribution in [0.3, 0.4) is 0 Å². The lowest BCUT2D eigenvalue weighted by molar-refractivity contribution is -0.181. The normalized spacial score (nSPS) is 26.9. The summed E-state index contributed by atoms with van der Waals surface area (Å²) >= 11 is 5.87. The lowest BCUT2D eigenvalue weighted by Gasteiger charge is -2.27. The van der Waals surface area contributed by atoms with E-state index in [4.69, 9.17) is 25.3 Å². The van der Waals surface area contributed by atoms with Gasteiger partial charge in [0.2, 0.25) is 0 Å². The largest absolute Gasteiger partial charge is 0.343 e. The molecule has 1 saturated heterocycles. The lowest BCUT2D eigenvalue weighted by atomic mass is 10.0. The number of hydrogen-bond donors (Lipinski definition) is 0. The molecule has 1 aromatic carbocycles. The van der Waals surface area contributed by atoms with Crippen molar-refractivity contribution in [2.75, 3.05) is 19.5 Å². The smallest absolute Gasteiger partial charge is 0.264 e. The molecular formula is C13H17ClO5S. The summed E-state index contributed by atoms with van der Waals surface area (Å²) in [5, 5.41) is 0.634. The van der Waals surface area contributed by atoms with Gasteiger partial charge in [-0.2, -0.15) is 8.42 Å². The molecule has 1 fully saturated rings. The molecule has 0 spiro atoms. The van der Waals surface area contributed by atoms with Gasteiger partial charge in [-0.25, -0.2) is 0 Å². The van der Waals surface area contributed by atoms with Crippen LogP contribution in [0.25, 0.3) is 0 Å². The van der Waals surface area contributed by atoms with Gasteiger partial charge in [-0.3, -0.25) is 4.18 Å². The molecule has 2 rings (SSSR count). The van der Waals surface area contributed by atoms with Gasteiger partial charge in [-0.05, 0) is 12.1 Å². The average Bonchev–Trinajstić information content (AvgIpc) is 2.81. The van der Waals surface area contributed by atoms with Crippen LogP contribution in [0.2, 0.25) is 5.02 Å². The summed E-state index contributed by atoms with van der Waals surface area (Å²) in [6.45, 7) is 2.18. The van der Waals surface area contributed by atoms with E-state index in [1.807, 2.05) is 19.1 Å². The van der Waals surface area contributed by atoms with Crippen LogP contribution in [0.1, 0.15) is 18.9 Å². The monoisotopic (exact) mass is 320 g/mol. The topological polar surface area (TPSA) is 61.8 Å². The zero-order valence-corrected chi connectivity index (χ0v) is 12.9. The van der Waals surface area contributed by atoms with E-state index in [0.29, 0.717) is 11.4 Å². The molecule has 0 radical (unpaired) electrons. The molecule has 2 atom stereocenters. The minimum Gasteiger partial charge on any atom is -0.343 e. The van der Waals surface area contributed by atoms with Crippen molar-refractivity contribution >= 4 is 21.7 Å². The molecule has 1 heterocycles. The van der Waals surface area contributed by atoms with E-state index in [1.54, 1.807) is 12.1 Å². The summed E-state index contributed by atoms with van der Waals surface area (Å²) in [5.74, 6) is -0.865. The van der Waals surface area contributed by atoms with Crippen molar-refractivity contribution in [3.05, 3.63) is 34.9 Å². The molecule has 0 unspecified atom stereocenters. The van der Waals surface area contributed by atoms with Gasteiger partial charge in [0, 0.05) is 17.0 Å². The van der Waals surface area contributed by atoms with E-state index in [9.17, 15) is 8.42 Å². The molecule has 0 aliphatic carbocycles. The van der Waals surface area contributed by atoms with Crippen LogP contribution in [0.5, 0.6) is 0 Å². The third-order valence-corrected chi connectivity index (χ3v) is 3.89. The third-order valence-electron chi connectivity index (χ3n) is 3.08. The van der Waals surface area contributed by atoms with Crippen LogP contribution >= 0.6 is 11.6 Å². The van der Waals surface area contributed by atoms with Crippen LogP contribution in [0.4, 0.5) is 0 Å². The third kappa shape index (κ3) is 3.71. The Morgan fingerprint density at radius 2 is 2.05 bits per heavy atom. The van der Waals surface area contributed by atoms with Crippen LogP contribution in [-0.4, -0.2) is 34.0 Å². The molecule has 1 aromatic rings. The number of benzene rings is 1. The highest BCUT2D eigenvalue weighted by molar-refractivity contribution is 7.85. The Hall–Kier alpha value is -0.660. The number of ether oxygens (including phenoxy) is 2. The maximum Gasteiger partial charge on any atom is 0.264 e. The van der Waals surface area contributed by atoms with Gasteiger partial charge in [0.15, 0.2) is 5.79 Å². The summed E-state index contributed by atoms with van der Waals surface area (Å²) < 4.78 is 38.4. The molecule has 0 bridgehead atoms. The summed E-state index contributed by atoms with van der Waals surface area (Å²) in [6, 6.07) is 7.21. The summed E-state index contributed by atoms with van der Waals surface area (Å²) in [4.78, 5) is 0. The van der Waals surface area contributed by atoms with E-state index < -0.39 is 22.0 Å². The molecular weight excluding hydrogens is 304 g/mol. The van der Waals surface area contributed by atoms with Gasteiger partial charge < -0.3 is 9.47 Å². The average molecular weight is 321 g/mol. The zero-order valence-electron chi connectivity index (χ0n) is 11.3. The molecule has 1 aliphatic rings. The maximum absolute atomic E-state index is 11.0. The van der Waals surface area contributed by atoms with E-state index in [0.717, 1.165) is 11.8 Å². The first kappa shape index (κ1) is 15.7. The quantitative estimate of drug-likeness (QED) is 0.779. The Morgan fingerprint density at radius 3 is 2.60 bits per heavy atom. The van der Waals surface area contributed by atoms with Crippen LogP contribution in [0, 0.1) is 0 Å². The highest BCUT2D eigenvalue weighted by Crippen LogP contribution is 2.37. The highest BCUT2D eigenvalue weighted by atomic mass is 35.5. The fourth-order valence-electron chi connectivity index (χ4n) is 2.09. The molecule has 112 valence electrons. The van der Waals surface area contributed by atoms with E-state index >= 15 is 0 Å². The molecule has 0 aromatic heterocycles. The van der Waals surface area contributed by atoms with Crippen LogP contribution < -0.4 is 0 Å². The van der Waals surface area contributed by atoms with Crippen molar-refractivity contribution in [2.24, 2.45) is 0 Å². The van der Waals surface area contributed by atoms with Crippen LogP contribution in [0.15, 0.2) is 24.3 Å². The Morgan fingerprint density at radius 1 is 1.40 bits per heavy atom. The first-order valence-electron chi connectivity index (χ1n) is 6.27. The predicted octanol–water partition coefficient (Wildman–Crippen LogP) is 2.29. The first-order valence-corrected chi connectivity index (χ1v) is 8.46. The molecule has 20 heavy (non-hydrogen) atoms. The molecule has 0 amide bonds. The van der Waals surface area contributed by atoms with Gasteiger partial charge in [0.1, 0.15) is 6.10 Å². The Bertz CT molecular complexity index is 557. The van der Waals surface area contributed by atoms with Crippen molar-refractivity contribution in [3.8, 4) is 0 Å². The maximum atomic E-state index is 11.0. The van der Waals surface area contributed by atoms with Crippen molar-refractivity contribution < 1.29 is 22.1 Å². The highest BCUT2D eigenvalue weighted by Gasteiger charge is 2.42. The van der Waals surface area contributed by atoms with Crippen molar-refractivity contribution in [1.82, 2.24) is 0 Å². The second-order valence-electron chi connectivity index (χ2n) is 4.65. The minimum absolute atomic E-state index is 0.0474. The summed E-state index contributed by atoms with van der Waals surface area (Å²) in [6.07, 6.45) is 1.19. The van der Waals surface area contributed by atoms with E-state index in [2.05, 4.69) is 0 Å². The number of halogens is 1. The van der Waals surface area contributed by atoms with Gasteiger partial charge in [-0.15, -0.1) is 0 Å². The summed E-state index contributed by atoms with van der Waals surface area (Å²) in [7, 11) is -3.48. The first-order chi connectivity index (χ1) is 9.35. The van der Waals surface area contributed by atoms with Gasteiger partial charge >= 0.3 is 0 Å². The molecule has 0 N–H and O–H groups in total. The standard InChI is InChI=1S/C13H17ClO5S/c1-3-13(10-4-6-11(14)7-5-10)17-8-12(19-13)9-18-20(2,15)16/h4-7,12H,3,8-9H2,1-2H3/t12-,13+/m0/s1. The molecule has 1 aliphatic heterocycles. The van der Waals surface area contributed by atoms with E-state index in [-0.39, 0.29) is 13.2 Å². The summed E-state index contributed by atoms with van der Waals surface area (Å²) in [5.41, 5.74) is 0.853. The number of hydrogen-bond acceptors (Lipinski definition) is 5. The predicted molar refractivity (Wildman–Crippen MR) is 75.0 cm³/mol. The molecule has 5 nitrogen and oxygen atoms in total. The SMILES string of the molecule is CC[C@@]1(c2ccc(Cl)cc2)OC[C@@H](COS(C)(=O)=O)O1. The zero-order chi connectivity index (χ0) is 14.8. The van der Waals surface area contributed by atoms with Gasteiger partial charge in [0.05, 0.1) is 19.5 Å². The minimum atomic E-state index is -3.48. The van der Waals surface area contributed by atoms with E-state index in [1.165, 1.54) is 0 Å². The second-order valence-corrected chi connectivity index (χ2v) is 6.73. The Labute approximate surface area is 123 Å². The fraction of sp³-hybridized carbons (Fsp3) is 0.538. The van der Waals surface area contributed by atoms with Crippen molar-refractivity contribution in [3.63, 3.8) is 0 Å². The lowest BCUT2D eigenvalue weighted by Crippen LogP contribution is -2.28. The number of rotatable bonds is 5. The molecule has 7 heteroatoms. The molecule has 0 saturated carbocycles. The fourth-order valence-corrected chi connectivity index (χ4v) is 2.62. The van der Waals surface area contributed by atoms with Crippen molar-refractivity contribution in [1.29, 1.82) is 0 Å². The Kier molecular flexibility index (Phi) is 4.71. The second kappa shape index (κ2) is 5.99.